The van der Waals surface area contributed by atoms with Gasteiger partial charge in [-0.25, -0.2) is 0 Å². The molecule has 113 heavy (non-hydrogen) atoms. The van der Waals surface area contributed by atoms with Gasteiger partial charge in [0, 0.05) is 88.3 Å². The molecular weight excluding hydrogens is 1400 g/mol. The molecule has 0 N–H and O–H groups in total. The maximum Gasteiger partial charge on any atom is 0.0775 e. The second-order valence-corrected chi connectivity index (χ2v) is 36.5. The Morgan fingerprint density at radius 2 is 0.496 bits per heavy atom. The predicted molar refractivity (Wildman–Crippen MR) is 493 cm³/mol. The summed E-state index contributed by atoms with van der Waals surface area (Å²) in [5.74, 6) is 0. The van der Waals surface area contributed by atoms with E-state index in [1.54, 1.807) is 0 Å². The van der Waals surface area contributed by atoms with E-state index >= 15 is 0 Å². The first-order chi connectivity index (χ1) is 55.7. The highest BCUT2D eigenvalue weighted by Crippen LogP contribution is 2.50. The summed E-state index contributed by atoms with van der Waals surface area (Å²) in [4.78, 5) is 9.52. The molecule has 21 rings (SSSR count). The first-order valence-corrected chi connectivity index (χ1v) is 43.3. The molecule has 0 fully saturated rings. The van der Waals surface area contributed by atoms with E-state index in [2.05, 4.69) is 458 Å². The molecule has 0 radical (unpaired) electrons. The van der Waals surface area contributed by atoms with Gasteiger partial charge in [0.2, 0.25) is 0 Å². The number of para-hydroxylation sites is 6. The fourth-order valence-electron chi connectivity index (χ4n) is 17.2. The lowest BCUT2D eigenvalue weighted by Gasteiger charge is -2.28. The zero-order valence-electron chi connectivity index (χ0n) is 63.0. The van der Waals surface area contributed by atoms with Crippen LogP contribution in [0.3, 0.4) is 0 Å². The Labute approximate surface area is 663 Å². The summed E-state index contributed by atoms with van der Waals surface area (Å²) in [6, 6.07) is 153. The average molecular weight is 1480 g/mol. The number of hydrogen-bond donors (Lipinski definition) is 0. The van der Waals surface area contributed by atoms with E-state index in [4.69, 9.17) is 0 Å². The van der Waals surface area contributed by atoms with Crippen molar-refractivity contribution in [1.29, 1.82) is 0 Å². The van der Waals surface area contributed by atoms with Gasteiger partial charge in [-0.1, -0.05) is 292 Å². The Balaban J connectivity index is 0.000000149. The van der Waals surface area contributed by atoms with Crippen molar-refractivity contribution >= 4 is 199 Å². The van der Waals surface area contributed by atoms with Crippen LogP contribution in [0, 0.1) is 0 Å². The monoisotopic (exact) mass is 1480 g/mol. The topological polar surface area (TPSA) is 13.0 Å². The van der Waals surface area contributed by atoms with Crippen LogP contribution in [0.4, 0.5) is 68.2 Å². The predicted octanol–water partition coefficient (Wildman–Crippen LogP) is 31.1. The lowest BCUT2D eigenvalue weighted by atomic mass is 9.90. The average Bonchev–Trinajstić information content (AvgIpc) is 1.09. The highest BCUT2D eigenvalue weighted by molar-refractivity contribution is 7.25. The van der Waals surface area contributed by atoms with E-state index in [0.717, 1.165) is 62.6 Å². The second kappa shape index (κ2) is 28.8. The molecule has 0 amide bonds. The van der Waals surface area contributed by atoms with Crippen molar-refractivity contribution in [2.75, 3.05) is 19.6 Å². The summed E-state index contributed by atoms with van der Waals surface area (Å²) < 4.78 is 2.60. The molecule has 0 saturated heterocycles. The van der Waals surface area contributed by atoms with Crippen molar-refractivity contribution in [1.82, 2.24) is 0 Å². The summed E-state index contributed by atoms with van der Waals surface area (Å²) >= 11 is 1.86. The zero-order chi connectivity index (χ0) is 75.5. The fourth-order valence-corrected chi connectivity index (χ4v) is 19.5. The van der Waals surface area contributed by atoms with Crippen molar-refractivity contribution in [2.24, 2.45) is 0 Å². The number of thiophene rings is 1. The highest BCUT2D eigenvalue weighted by atomic mass is 32.1. The van der Waals surface area contributed by atoms with E-state index in [9.17, 15) is 0 Å². The van der Waals surface area contributed by atoms with Crippen LogP contribution in [-0.2, 0) is 0 Å². The molecule has 6 heteroatoms. The van der Waals surface area contributed by atoms with Crippen LogP contribution in [0.2, 0.25) is 19.6 Å². The number of anilines is 12. The van der Waals surface area contributed by atoms with Crippen molar-refractivity contribution in [3.8, 4) is 11.1 Å². The van der Waals surface area contributed by atoms with Gasteiger partial charge in [-0.15, -0.1) is 11.3 Å². The summed E-state index contributed by atoms with van der Waals surface area (Å²) in [7, 11) is -1.42. The largest absolute Gasteiger partial charge is 0.310 e. The lowest BCUT2D eigenvalue weighted by Crippen LogP contribution is -2.37. The maximum atomic E-state index is 2.46. The molecule has 0 saturated carbocycles. The molecule has 0 aliphatic carbocycles. The van der Waals surface area contributed by atoms with Gasteiger partial charge in [-0.3, -0.25) is 0 Å². The fraction of sp³-hybridized carbons (Fsp3) is 0.0280. The van der Waals surface area contributed by atoms with E-state index in [1.807, 2.05) is 11.3 Å². The molecular formula is C107H78N4SSi. The Hall–Kier alpha value is -13.9. The Morgan fingerprint density at radius 1 is 0.195 bits per heavy atom. The van der Waals surface area contributed by atoms with Gasteiger partial charge in [0.15, 0.2) is 0 Å². The SMILES string of the molecule is C[Si](C)(C)c1ccc(N(c2ccccc2)c2ccc3c(ccc4c5ccc(N(c6ccccc6)c6ccccc6)cc5c5ccccc5c34)c2)cc1.c1ccc(-c2ccccc2N(c2ccc3sc4ccccc4c3c2)c2ccc3c(c2)c2ccccc2c2c4ccc(N(c5ccccc5)c5ccccc5)cc4ccc32)cc1. The molecule has 0 aliphatic heterocycles. The second-order valence-electron chi connectivity index (χ2n) is 30.3. The Kier molecular flexibility index (Phi) is 17.5. The van der Waals surface area contributed by atoms with Gasteiger partial charge < -0.3 is 19.6 Å². The molecule has 1 aromatic heterocycles. The molecule has 0 unspecified atom stereocenters. The van der Waals surface area contributed by atoms with Crippen LogP contribution in [0.25, 0.3) is 117 Å². The molecule has 21 aromatic rings. The van der Waals surface area contributed by atoms with Gasteiger partial charge in [0.25, 0.3) is 0 Å². The van der Waals surface area contributed by atoms with E-state index in [0.29, 0.717) is 0 Å². The summed E-state index contributed by atoms with van der Waals surface area (Å²) in [5, 5.41) is 24.1. The third-order valence-corrected chi connectivity index (χ3v) is 25.7. The van der Waals surface area contributed by atoms with Crippen LogP contribution in [0.5, 0.6) is 0 Å². The van der Waals surface area contributed by atoms with E-state index in [-0.39, 0.29) is 0 Å². The quantitative estimate of drug-likeness (QED) is 0.0795. The molecule has 20 aromatic carbocycles. The number of hydrogen-bond acceptors (Lipinski definition) is 5. The molecule has 4 nitrogen and oxygen atoms in total. The standard InChI is InChI=1S/C58H38N2S.C49H40N2Si/c1-4-16-39(17-5-1)46-22-12-14-26-55(46)60(45-31-35-57-54(38-45)50-24-13-15-27-56(50)61-57)44-30-34-49-52-32-28-40-36-43(59(41-18-6-2-7-19-41)42-20-8-3-9-21-42)29-33-47(40)58(52)51-25-11-10-23-48(51)53(49)37-44;1-52(2,3)42-28-24-39(25-29-42)51(38-19-11-6-12-20-38)40-26-31-43-35(33-40)23-30-47-45-32-27-41(34-48(45)44-21-13-14-22-46(44)49(43)47)50(36-15-7-4-8-16-36)37-17-9-5-10-18-37/h1-38H;4-34H,1-3H3. The summed E-state index contributed by atoms with van der Waals surface area (Å²) in [6.45, 7) is 7.21. The molecule has 1 heterocycles. The van der Waals surface area contributed by atoms with Crippen LogP contribution in [-0.4, -0.2) is 8.07 Å². The van der Waals surface area contributed by atoms with E-state index < -0.39 is 8.07 Å². The Morgan fingerprint density at radius 3 is 0.947 bits per heavy atom. The zero-order valence-corrected chi connectivity index (χ0v) is 64.9. The maximum absolute atomic E-state index is 2.46. The number of rotatable bonds is 14. The van der Waals surface area contributed by atoms with Crippen molar-refractivity contribution in [3.05, 3.63) is 419 Å². The third-order valence-electron chi connectivity index (χ3n) is 22.5. The smallest absolute Gasteiger partial charge is 0.0775 e. The normalized spacial score (nSPS) is 11.7. The van der Waals surface area contributed by atoms with Gasteiger partial charge in [0.05, 0.1) is 13.8 Å². The van der Waals surface area contributed by atoms with Gasteiger partial charge >= 0.3 is 0 Å². The van der Waals surface area contributed by atoms with Crippen LogP contribution in [0.15, 0.2) is 419 Å². The molecule has 0 bridgehead atoms. The van der Waals surface area contributed by atoms with Gasteiger partial charge in [-0.2, -0.15) is 0 Å². The minimum Gasteiger partial charge on any atom is -0.310 e. The van der Waals surface area contributed by atoms with Gasteiger partial charge in [-0.05, 0) is 243 Å². The first-order valence-electron chi connectivity index (χ1n) is 38.9. The minimum atomic E-state index is -1.42. The Bertz CT molecular complexity index is 7030. The van der Waals surface area contributed by atoms with Crippen molar-refractivity contribution in [3.63, 3.8) is 0 Å². The summed E-state index contributed by atoms with van der Waals surface area (Å²) in [5.41, 5.74) is 16.0. The number of benzene rings is 20. The van der Waals surface area contributed by atoms with Crippen molar-refractivity contribution in [2.45, 2.75) is 19.6 Å². The lowest BCUT2D eigenvalue weighted by molar-refractivity contribution is 1.29. The number of fused-ring (bicyclic) bond motifs is 19. The van der Waals surface area contributed by atoms with Crippen molar-refractivity contribution < 1.29 is 0 Å². The molecule has 0 aliphatic rings. The number of nitrogens with zero attached hydrogens (tertiary/aromatic N) is 4. The first kappa shape index (κ1) is 68.4. The molecule has 536 valence electrons. The van der Waals surface area contributed by atoms with Crippen LogP contribution >= 0.6 is 11.3 Å². The minimum absolute atomic E-state index is 1.12. The molecule has 0 spiro atoms. The van der Waals surface area contributed by atoms with Crippen LogP contribution in [0.1, 0.15) is 0 Å². The summed E-state index contributed by atoms with van der Waals surface area (Å²) in [6.07, 6.45) is 0. The van der Waals surface area contributed by atoms with Gasteiger partial charge in [0.1, 0.15) is 0 Å². The third kappa shape index (κ3) is 12.5. The van der Waals surface area contributed by atoms with E-state index in [1.165, 1.54) is 128 Å². The molecule has 0 atom stereocenters. The highest BCUT2D eigenvalue weighted by Gasteiger charge is 2.25. The van der Waals surface area contributed by atoms with Crippen LogP contribution < -0.4 is 24.8 Å².